The third-order valence-electron chi connectivity index (χ3n) is 4.58. The van der Waals surface area contributed by atoms with E-state index in [0.29, 0.717) is 0 Å². The molecule has 0 saturated heterocycles. The fraction of sp³-hybridized carbons (Fsp3) is 0.200. The Bertz CT molecular complexity index is 1360. The average molecular weight is 501 g/mol. The van der Waals surface area contributed by atoms with Gasteiger partial charge in [0.15, 0.2) is 5.69 Å². The molecule has 6 N–H and O–H groups in total. The second-order valence-electron chi connectivity index (χ2n) is 8.46. The predicted molar refractivity (Wildman–Crippen MR) is 130 cm³/mol. The number of hydrazine groups is 1. The number of anilines is 2. The summed E-state index contributed by atoms with van der Waals surface area (Å²) in [5, 5.41) is 78.3. The minimum absolute atomic E-state index is 0.132. The van der Waals surface area contributed by atoms with Gasteiger partial charge in [-0.05, 0) is 39.0 Å². The van der Waals surface area contributed by atoms with Gasteiger partial charge in [-0.15, -0.1) is 0 Å². The molecule has 2 aliphatic rings. The smallest absolute Gasteiger partial charge is 0.294 e. The molecule has 0 amide bonds. The molecule has 1 aliphatic carbocycles. The fourth-order valence-electron chi connectivity index (χ4n) is 2.93. The molecule has 0 fully saturated rings. The number of hydrogen-bond acceptors (Lipinski definition) is 13. The first kappa shape index (κ1) is 25.8. The third-order valence-corrected chi connectivity index (χ3v) is 4.58. The van der Waals surface area contributed by atoms with Crippen LogP contribution in [-0.2, 0) is 0 Å². The van der Waals surface area contributed by atoms with Crippen molar-refractivity contribution in [2.45, 2.75) is 26.3 Å². The Morgan fingerprint density at radius 3 is 2.39 bits per heavy atom. The topological polar surface area (TPSA) is 247 Å². The number of aliphatic hydroxyl groups excluding tert-OH is 1. The molecule has 16 nitrogen and oxygen atoms in total. The first-order valence-electron chi connectivity index (χ1n) is 10.1. The number of aromatic hydroxyl groups is 1. The first-order valence-corrected chi connectivity index (χ1v) is 10.1. The van der Waals surface area contributed by atoms with Crippen LogP contribution in [-0.4, -0.2) is 30.6 Å². The van der Waals surface area contributed by atoms with Crippen LogP contribution in [0.1, 0.15) is 26.5 Å². The van der Waals surface area contributed by atoms with Gasteiger partial charge in [0, 0.05) is 29.4 Å². The number of fused-ring (bicyclic) bond motifs is 1. The number of benzene rings is 2. The van der Waals surface area contributed by atoms with Crippen LogP contribution in [0.4, 0.5) is 17.1 Å². The number of nitrogens with one attached hydrogen (secondary N) is 4. The minimum atomic E-state index is -0.866. The summed E-state index contributed by atoms with van der Waals surface area (Å²) in [6.07, 6.45) is 0. The normalized spacial score (nSPS) is 12.1. The number of aliphatic hydroxyl groups is 1. The number of nitrogens with zero attached hydrogens (tertiary/aromatic N) is 4. The average Bonchev–Trinajstić information content (AvgIpc) is 2.78. The number of H-pyrrole nitrogens is 1. The molecule has 0 aromatic heterocycles. The molecule has 1 aromatic carbocycles. The zero-order valence-electron chi connectivity index (χ0n) is 19.1. The maximum atomic E-state index is 11.5. The van der Waals surface area contributed by atoms with E-state index in [4.69, 9.17) is 0 Å². The molecule has 0 saturated carbocycles. The molecule has 0 atom stereocenters. The summed E-state index contributed by atoms with van der Waals surface area (Å²) in [4.78, 5) is 16.8. The highest BCUT2D eigenvalue weighted by Gasteiger charge is 2.23. The van der Waals surface area contributed by atoms with Gasteiger partial charge in [-0.25, -0.2) is 10.4 Å². The Morgan fingerprint density at radius 2 is 1.81 bits per heavy atom. The van der Waals surface area contributed by atoms with E-state index < -0.39 is 43.7 Å². The molecule has 1 aliphatic heterocycles. The van der Waals surface area contributed by atoms with Crippen molar-refractivity contribution in [3.63, 3.8) is 0 Å². The highest BCUT2D eigenvalue weighted by molar-refractivity contribution is 5.75. The van der Waals surface area contributed by atoms with E-state index in [9.17, 15) is 41.2 Å². The van der Waals surface area contributed by atoms with Crippen LogP contribution in [0.3, 0.4) is 0 Å². The molecule has 16 heteroatoms. The van der Waals surface area contributed by atoms with Crippen molar-refractivity contribution in [3.8, 4) is 17.3 Å². The van der Waals surface area contributed by atoms with Crippen LogP contribution in [0.2, 0.25) is 0 Å². The minimum Gasteiger partial charge on any atom is -0.769 e. The second-order valence-corrected chi connectivity index (χ2v) is 8.46. The van der Waals surface area contributed by atoms with Gasteiger partial charge >= 0.3 is 0 Å². The van der Waals surface area contributed by atoms with Gasteiger partial charge in [-0.2, -0.15) is 4.90 Å². The van der Waals surface area contributed by atoms with E-state index >= 15 is 0 Å². The van der Waals surface area contributed by atoms with Crippen molar-refractivity contribution in [2.24, 2.45) is 0 Å². The predicted octanol–water partition coefficient (Wildman–Crippen LogP) is 1.89. The summed E-state index contributed by atoms with van der Waals surface area (Å²) >= 11 is 0. The zero-order chi connectivity index (χ0) is 26.8. The van der Waals surface area contributed by atoms with E-state index in [1.807, 2.05) is 0 Å². The van der Waals surface area contributed by atoms with Gasteiger partial charge in [0.05, 0.1) is 16.3 Å². The second kappa shape index (κ2) is 9.82. The Kier molecular flexibility index (Phi) is 7.04. The van der Waals surface area contributed by atoms with Crippen LogP contribution in [0.5, 0.6) is 5.88 Å². The van der Waals surface area contributed by atoms with Gasteiger partial charge in [-0.1, -0.05) is 0 Å². The molecule has 0 unspecified atom stereocenters. The number of hydrogen-bond donors (Lipinski definition) is 6. The van der Waals surface area contributed by atoms with Crippen LogP contribution in [0.25, 0.3) is 17.1 Å². The number of aromatic nitrogens is 2. The van der Waals surface area contributed by atoms with Gasteiger partial charge in [0.25, 0.3) is 5.69 Å². The maximum absolute atomic E-state index is 11.5. The third kappa shape index (κ3) is 5.81. The van der Waals surface area contributed by atoms with E-state index in [1.54, 1.807) is 20.8 Å². The standard InChI is InChI=1S/C20H21N8O8/c1-20(2,3)25-24-17(16-18(29)23-14-8-10(26(31)32)4-6-12(14)21-16)19(30)22-13-7-5-11(27(33)34)9-15(13)28(35)36/h4-9,22-25H,1-3H3,(H2-,21,29,30,31,32)/q-3. The van der Waals surface area contributed by atoms with Crippen LogP contribution in [0.15, 0.2) is 42.3 Å². The first-order chi connectivity index (χ1) is 16.8. The van der Waals surface area contributed by atoms with Crippen molar-refractivity contribution < 1.29 is 15.1 Å². The monoisotopic (exact) mass is 501 g/mol. The molecule has 0 bridgehead atoms. The number of nitro benzene ring substituents is 1. The Balaban J connectivity index is 2.15. The lowest BCUT2D eigenvalue weighted by Gasteiger charge is -2.37. The fourth-order valence-corrected chi connectivity index (χ4v) is 2.93. The van der Waals surface area contributed by atoms with Crippen molar-refractivity contribution in [2.75, 3.05) is 10.5 Å². The summed E-state index contributed by atoms with van der Waals surface area (Å²) in [5.41, 5.74) is 3.32. The van der Waals surface area contributed by atoms with Crippen LogP contribution in [0, 0.1) is 30.9 Å². The lowest BCUT2D eigenvalue weighted by atomic mass is 10.1. The summed E-state index contributed by atoms with van der Waals surface area (Å²) in [5.74, 6) is -1.33. The van der Waals surface area contributed by atoms with Gasteiger partial charge < -0.3 is 52.0 Å². The summed E-state index contributed by atoms with van der Waals surface area (Å²) in [6.45, 7) is 5.34. The lowest BCUT2D eigenvalue weighted by molar-refractivity contribution is -0.383. The SMILES string of the molecule is CC(C)(C)NNC(=C(O)Nc1ccc(N([O-])[O-])cc1[N+](=O)[O-])c1nc2ccc(=[N+]([O-])[O-])cc-2[nH]c1O. The van der Waals surface area contributed by atoms with E-state index in [2.05, 4.69) is 26.1 Å². The van der Waals surface area contributed by atoms with Gasteiger partial charge in [0.1, 0.15) is 11.4 Å². The molecule has 1 heterocycles. The van der Waals surface area contributed by atoms with Crippen molar-refractivity contribution in [1.82, 2.24) is 25.7 Å². The number of aromatic amines is 1. The highest BCUT2D eigenvalue weighted by atomic mass is 16.8. The Hall–Kier alpha value is -4.80. The quantitative estimate of drug-likeness (QED) is 0.154. The highest BCUT2D eigenvalue weighted by Crippen LogP contribution is 2.32. The number of nitro groups is 1. The maximum Gasteiger partial charge on any atom is 0.294 e. The molecule has 0 radical (unpaired) electrons. The van der Waals surface area contributed by atoms with Crippen LogP contribution >= 0.6 is 0 Å². The van der Waals surface area contributed by atoms with Crippen molar-refractivity contribution >= 4 is 22.8 Å². The van der Waals surface area contributed by atoms with Gasteiger partial charge in [0.2, 0.25) is 17.1 Å². The van der Waals surface area contributed by atoms with E-state index in [1.165, 1.54) is 12.1 Å². The van der Waals surface area contributed by atoms with Crippen molar-refractivity contribution in [3.05, 3.63) is 84.3 Å². The summed E-state index contributed by atoms with van der Waals surface area (Å²) in [6, 6.07) is 6.46. The Morgan fingerprint density at radius 1 is 1.11 bits per heavy atom. The molecule has 1 aromatic rings. The summed E-state index contributed by atoms with van der Waals surface area (Å²) in [7, 11) is 0. The molecule has 192 valence electrons. The largest absolute Gasteiger partial charge is 0.769 e. The zero-order valence-corrected chi connectivity index (χ0v) is 19.1. The summed E-state index contributed by atoms with van der Waals surface area (Å²) < 4.78 is 0. The molecule has 36 heavy (non-hydrogen) atoms. The van der Waals surface area contributed by atoms with E-state index in [-0.39, 0.29) is 33.8 Å². The van der Waals surface area contributed by atoms with E-state index in [0.717, 1.165) is 24.3 Å². The van der Waals surface area contributed by atoms with Gasteiger partial charge in [-0.3, -0.25) is 10.1 Å². The molecular weight excluding hydrogens is 480 g/mol. The lowest BCUT2D eigenvalue weighted by Crippen LogP contribution is -2.45. The molecule has 0 spiro atoms. The molecule has 3 rings (SSSR count). The number of rotatable bonds is 7. The molecular formula is C20H21N8O8-3. The van der Waals surface area contributed by atoms with Crippen molar-refractivity contribution in [1.29, 1.82) is 0 Å². The Labute approximate surface area is 202 Å². The van der Waals surface area contributed by atoms with Crippen LogP contribution < -0.4 is 31.7 Å².